The van der Waals surface area contributed by atoms with Crippen molar-refractivity contribution in [2.75, 3.05) is 0 Å². The van der Waals surface area contributed by atoms with Crippen LogP contribution in [0.4, 0.5) is 17.6 Å². The molecular weight excluding hydrogens is 588 g/mol. The number of carbonyl (C=O) groups excluding carboxylic acids is 2. The number of hydrogen-bond donors (Lipinski definition) is 0. The zero-order valence-corrected chi connectivity index (χ0v) is 23.9. The number of nitriles is 2. The fourth-order valence-electron chi connectivity index (χ4n) is 4.57. The zero-order chi connectivity index (χ0) is 32.3. The van der Waals surface area contributed by atoms with Gasteiger partial charge in [0, 0.05) is 36.1 Å². The molecule has 0 saturated heterocycles. The molecule has 0 saturated carbocycles. The van der Waals surface area contributed by atoms with Crippen molar-refractivity contribution in [1.29, 1.82) is 10.5 Å². The number of esters is 2. The fraction of sp³-hybridized carbons (Fsp3) is 0.200. The van der Waals surface area contributed by atoms with Crippen molar-refractivity contribution in [3.8, 4) is 45.9 Å². The first kappa shape index (κ1) is 32.4. The van der Waals surface area contributed by atoms with Crippen LogP contribution in [0.2, 0.25) is 0 Å². The average molecular weight is 615 g/mol. The Balaban J connectivity index is 1.13. The summed E-state index contributed by atoms with van der Waals surface area (Å²) >= 11 is 0. The molecule has 0 N–H and O–H groups in total. The molecule has 10 heteroatoms. The molecule has 0 aliphatic rings. The van der Waals surface area contributed by atoms with Crippen LogP contribution < -0.4 is 9.47 Å². The predicted molar refractivity (Wildman–Crippen MR) is 157 cm³/mol. The van der Waals surface area contributed by atoms with Crippen LogP contribution in [-0.4, -0.2) is 11.9 Å². The Bertz CT molecular complexity index is 1680. The molecule has 4 rings (SSSR count). The van der Waals surface area contributed by atoms with E-state index in [0.29, 0.717) is 25.7 Å². The van der Waals surface area contributed by atoms with Gasteiger partial charge in [0.25, 0.3) is 0 Å². The van der Waals surface area contributed by atoms with Gasteiger partial charge in [0.1, 0.15) is 46.9 Å². The van der Waals surface area contributed by atoms with Gasteiger partial charge >= 0.3 is 11.9 Å². The third-order valence-corrected chi connectivity index (χ3v) is 6.91. The number of rotatable bonds is 12. The van der Waals surface area contributed by atoms with E-state index in [4.69, 9.17) is 20.0 Å². The molecule has 0 bridgehead atoms. The summed E-state index contributed by atoms with van der Waals surface area (Å²) in [5, 5.41) is 17.7. The molecule has 4 aromatic rings. The van der Waals surface area contributed by atoms with Gasteiger partial charge in [-0.25, -0.2) is 17.6 Å². The van der Waals surface area contributed by atoms with Crippen LogP contribution in [0.5, 0.6) is 11.5 Å². The Hall–Kier alpha value is -5.48. The van der Waals surface area contributed by atoms with E-state index in [1.165, 1.54) is 48.5 Å². The van der Waals surface area contributed by atoms with Crippen LogP contribution in [0.15, 0.2) is 72.8 Å². The number of carbonyl (C=O) groups is 2. The summed E-state index contributed by atoms with van der Waals surface area (Å²) in [6, 6.07) is 18.6. The Morgan fingerprint density at radius 2 is 0.933 bits per heavy atom. The molecule has 0 radical (unpaired) electrons. The lowest BCUT2D eigenvalue weighted by atomic mass is 10.0. The molecule has 0 aliphatic heterocycles. The summed E-state index contributed by atoms with van der Waals surface area (Å²) in [7, 11) is 0. The van der Waals surface area contributed by atoms with Crippen molar-refractivity contribution in [1.82, 2.24) is 0 Å². The van der Waals surface area contributed by atoms with Gasteiger partial charge in [-0.2, -0.15) is 10.5 Å². The smallest absolute Gasteiger partial charge is 0.311 e. The van der Waals surface area contributed by atoms with E-state index in [2.05, 4.69) is 0 Å². The van der Waals surface area contributed by atoms with Crippen molar-refractivity contribution in [2.24, 2.45) is 0 Å². The lowest BCUT2D eigenvalue weighted by Gasteiger charge is -2.09. The molecule has 0 aromatic heterocycles. The Morgan fingerprint density at radius 3 is 1.29 bits per heavy atom. The maximum Gasteiger partial charge on any atom is 0.311 e. The number of nitrogens with zero attached hydrogens (tertiary/aromatic N) is 2. The zero-order valence-electron chi connectivity index (χ0n) is 23.9. The maximum absolute atomic E-state index is 14.6. The first-order chi connectivity index (χ1) is 21.7. The molecule has 4 aromatic carbocycles. The molecule has 6 nitrogen and oxygen atoms in total. The molecule has 0 heterocycles. The van der Waals surface area contributed by atoms with E-state index in [1.807, 2.05) is 0 Å². The van der Waals surface area contributed by atoms with Crippen molar-refractivity contribution in [3.05, 3.63) is 107 Å². The summed E-state index contributed by atoms with van der Waals surface area (Å²) in [5.74, 6) is -3.95. The molecule has 0 aliphatic carbocycles. The summed E-state index contributed by atoms with van der Waals surface area (Å²) in [6.45, 7) is 0. The highest BCUT2D eigenvalue weighted by Crippen LogP contribution is 2.29. The third-order valence-electron chi connectivity index (χ3n) is 6.91. The largest absolute Gasteiger partial charge is 0.426 e. The normalized spacial score (nSPS) is 10.5. The monoisotopic (exact) mass is 614 g/mol. The fourth-order valence-corrected chi connectivity index (χ4v) is 4.57. The van der Waals surface area contributed by atoms with Crippen LogP contribution in [0.25, 0.3) is 22.3 Å². The second-order valence-corrected chi connectivity index (χ2v) is 10.1. The highest BCUT2D eigenvalue weighted by Gasteiger charge is 2.14. The Morgan fingerprint density at radius 1 is 0.533 bits per heavy atom. The predicted octanol–water partition coefficient (Wildman–Crippen LogP) is 8.56. The highest BCUT2D eigenvalue weighted by molar-refractivity contribution is 5.74. The van der Waals surface area contributed by atoms with E-state index < -0.39 is 35.2 Å². The molecule has 0 spiro atoms. The minimum absolute atomic E-state index is 0.0200. The Labute approximate surface area is 257 Å². The number of benzene rings is 4. The quantitative estimate of drug-likeness (QED) is 0.0686. The van der Waals surface area contributed by atoms with E-state index in [0.717, 1.165) is 30.7 Å². The second kappa shape index (κ2) is 15.3. The van der Waals surface area contributed by atoms with Gasteiger partial charge in [-0.05, 0) is 72.5 Å². The highest BCUT2D eigenvalue weighted by atomic mass is 19.1. The van der Waals surface area contributed by atoms with Gasteiger partial charge < -0.3 is 9.47 Å². The molecule has 0 amide bonds. The van der Waals surface area contributed by atoms with E-state index in [-0.39, 0.29) is 57.7 Å². The standard InChI is InChI=1S/C35H26F4N2O4/c36-30-16-22(8-10-24(30)20-40)28-14-12-26(18-32(28)38)44-34(42)6-4-2-1-3-5-7-35(43)45-27-13-15-29(33(39)19-27)23-9-11-25(21-41)31(37)17-23/h8-19H,1-7H2. The van der Waals surface area contributed by atoms with Gasteiger partial charge in [0.05, 0.1) is 11.1 Å². The third kappa shape index (κ3) is 8.77. The molecule has 0 fully saturated rings. The van der Waals surface area contributed by atoms with E-state index in [1.54, 1.807) is 12.1 Å². The SMILES string of the molecule is N#Cc1ccc(-c2ccc(OC(=O)CCCCCCCC(=O)Oc3ccc(-c4ccc(C#N)c(F)c4)c(F)c3)cc2F)cc1F. The van der Waals surface area contributed by atoms with Crippen LogP contribution >= 0.6 is 0 Å². The topological polar surface area (TPSA) is 100 Å². The molecular formula is C35H26F4N2O4. The summed E-state index contributed by atoms with van der Waals surface area (Å²) in [4.78, 5) is 24.3. The van der Waals surface area contributed by atoms with Gasteiger partial charge in [0.15, 0.2) is 0 Å². The number of hydrogen-bond acceptors (Lipinski definition) is 6. The minimum atomic E-state index is -0.759. The number of halogens is 4. The average Bonchev–Trinajstić information content (AvgIpc) is 3.00. The number of unbranched alkanes of at least 4 members (excludes halogenated alkanes) is 4. The minimum Gasteiger partial charge on any atom is -0.426 e. The second-order valence-electron chi connectivity index (χ2n) is 10.1. The van der Waals surface area contributed by atoms with Crippen molar-refractivity contribution >= 4 is 11.9 Å². The van der Waals surface area contributed by atoms with Crippen LogP contribution in [-0.2, 0) is 9.59 Å². The van der Waals surface area contributed by atoms with Gasteiger partial charge in [-0.15, -0.1) is 0 Å². The van der Waals surface area contributed by atoms with Gasteiger partial charge in [-0.1, -0.05) is 31.4 Å². The molecule has 45 heavy (non-hydrogen) atoms. The Kier molecular flexibility index (Phi) is 11.0. The lowest BCUT2D eigenvalue weighted by molar-refractivity contribution is -0.135. The lowest BCUT2D eigenvalue weighted by Crippen LogP contribution is -2.08. The van der Waals surface area contributed by atoms with Gasteiger partial charge in [-0.3, -0.25) is 9.59 Å². The first-order valence-corrected chi connectivity index (χ1v) is 14.1. The summed E-state index contributed by atoms with van der Waals surface area (Å²) in [5.41, 5.74) is 0.404. The van der Waals surface area contributed by atoms with E-state index in [9.17, 15) is 27.2 Å². The summed E-state index contributed by atoms with van der Waals surface area (Å²) in [6.07, 6.45) is 3.43. The number of ether oxygens (including phenoxy) is 2. The van der Waals surface area contributed by atoms with Crippen molar-refractivity contribution in [3.63, 3.8) is 0 Å². The molecule has 0 unspecified atom stereocenters. The summed E-state index contributed by atoms with van der Waals surface area (Å²) < 4.78 is 67.4. The molecule has 0 atom stereocenters. The van der Waals surface area contributed by atoms with Crippen LogP contribution in [0.1, 0.15) is 56.1 Å². The van der Waals surface area contributed by atoms with Crippen molar-refractivity contribution < 1.29 is 36.6 Å². The van der Waals surface area contributed by atoms with Crippen LogP contribution in [0.3, 0.4) is 0 Å². The maximum atomic E-state index is 14.6. The van der Waals surface area contributed by atoms with E-state index >= 15 is 0 Å². The molecule has 228 valence electrons. The van der Waals surface area contributed by atoms with Crippen molar-refractivity contribution in [2.45, 2.75) is 44.9 Å². The first-order valence-electron chi connectivity index (χ1n) is 14.1. The van der Waals surface area contributed by atoms with Crippen LogP contribution in [0, 0.1) is 45.9 Å². The van der Waals surface area contributed by atoms with Gasteiger partial charge in [0.2, 0.25) is 0 Å².